The van der Waals surface area contributed by atoms with Crippen LogP contribution in [0.25, 0.3) is 0 Å². The first-order valence-electron chi connectivity index (χ1n) is 6.20. The summed E-state index contributed by atoms with van der Waals surface area (Å²) in [6.07, 6.45) is 5.03. The van der Waals surface area contributed by atoms with Crippen molar-refractivity contribution in [3.05, 3.63) is 11.8 Å². The standard InChI is InChI=1S/C12H20N4O/c1-3-6-16(8-9-4-5-9)12(17)10-7-14-15(2)11(10)13/h7,9H,3-6,8,13H2,1-2H3. The van der Waals surface area contributed by atoms with Gasteiger partial charge in [0.2, 0.25) is 0 Å². The molecule has 5 nitrogen and oxygen atoms in total. The molecule has 17 heavy (non-hydrogen) atoms. The van der Waals surface area contributed by atoms with Crippen molar-refractivity contribution in [3.63, 3.8) is 0 Å². The average Bonchev–Trinajstić information content (AvgIpc) is 3.06. The van der Waals surface area contributed by atoms with E-state index in [1.165, 1.54) is 17.5 Å². The van der Waals surface area contributed by atoms with Gasteiger partial charge in [0.15, 0.2) is 0 Å². The van der Waals surface area contributed by atoms with Crippen LogP contribution in [0.4, 0.5) is 5.82 Å². The van der Waals surface area contributed by atoms with Gasteiger partial charge in [0, 0.05) is 20.1 Å². The van der Waals surface area contributed by atoms with Gasteiger partial charge < -0.3 is 10.6 Å². The van der Waals surface area contributed by atoms with Crippen LogP contribution >= 0.6 is 0 Å². The van der Waals surface area contributed by atoms with Crippen LogP contribution in [-0.2, 0) is 7.05 Å². The number of aromatic nitrogens is 2. The van der Waals surface area contributed by atoms with Crippen LogP contribution < -0.4 is 5.73 Å². The first kappa shape index (κ1) is 12.0. The van der Waals surface area contributed by atoms with E-state index < -0.39 is 0 Å². The molecule has 0 aromatic carbocycles. The minimum absolute atomic E-state index is 0.0179. The van der Waals surface area contributed by atoms with E-state index in [-0.39, 0.29) is 5.91 Å². The Kier molecular flexibility index (Phi) is 3.36. The predicted octanol–water partition coefficient (Wildman–Crippen LogP) is 1.26. The van der Waals surface area contributed by atoms with E-state index in [1.54, 1.807) is 13.2 Å². The van der Waals surface area contributed by atoms with E-state index in [0.29, 0.717) is 17.3 Å². The van der Waals surface area contributed by atoms with Gasteiger partial charge in [0.05, 0.1) is 6.20 Å². The van der Waals surface area contributed by atoms with Gasteiger partial charge >= 0.3 is 0 Å². The largest absolute Gasteiger partial charge is 0.383 e. The molecule has 0 bridgehead atoms. The van der Waals surface area contributed by atoms with Crippen LogP contribution in [0, 0.1) is 5.92 Å². The van der Waals surface area contributed by atoms with Gasteiger partial charge in [-0.1, -0.05) is 6.92 Å². The monoisotopic (exact) mass is 236 g/mol. The highest BCUT2D eigenvalue weighted by molar-refractivity contribution is 5.98. The van der Waals surface area contributed by atoms with Gasteiger partial charge in [-0.15, -0.1) is 0 Å². The summed E-state index contributed by atoms with van der Waals surface area (Å²) < 4.78 is 1.54. The molecule has 1 amide bonds. The van der Waals surface area contributed by atoms with Crippen LogP contribution in [-0.4, -0.2) is 33.7 Å². The maximum Gasteiger partial charge on any atom is 0.259 e. The second kappa shape index (κ2) is 4.77. The molecule has 0 saturated heterocycles. The number of anilines is 1. The molecule has 1 saturated carbocycles. The van der Waals surface area contributed by atoms with E-state index in [0.717, 1.165) is 19.5 Å². The number of amides is 1. The van der Waals surface area contributed by atoms with Gasteiger partial charge in [-0.2, -0.15) is 5.10 Å². The first-order chi connectivity index (χ1) is 8.13. The van der Waals surface area contributed by atoms with Crippen LogP contribution in [0.15, 0.2) is 6.20 Å². The fourth-order valence-electron chi connectivity index (χ4n) is 1.94. The maximum atomic E-state index is 12.3. The summed E-state index contributed by atoms with van der Waals surface area (Å²) in [5.74, 6) is 1.17. The number of nitrogens with two attached hydrogens (primary N) is 1. The number of rotatable bonds is 5. The molecule has 0 radical (unpaired) electrons. The molecule has 0 unspecified atom stereocenters. The highest BCUT2D eigenvalue weighted by atomic mass is 16.2. The SMILES string of the molecule is CCCN(CC1CC1)C(=O)c1cnn(C)c1N. The van der Waals surface area contributed by atoms with E-state index in [9.17, 15) is 4.79 Å². The summed E-state index contributed by atoms with van der Waals surface area (Å²) in [4.78, 5) is 14.2. The van der Waals surface area contributed by atoms with Crippen molar-refractivity contribution in [2.75, 3.05) is 18.8 Å². The lowest BCUT2D eigenvalue weighted by Gasteiger charge is -2.21. The van der Waals surface area contributed by atoms with Crippen LogP contribution in [0.3, 0.4) is 0 Å². The highest BCUT2D eigenvalue weighted by Crippen LogP contribution is 2.30. The zero-order chi connectivity index (χ0) is 12.4. The van der Waals surface area contributed by atoms with E-state index >= 15 is 0 Å². The first-order valence-corrected chi connectivity index (χ1v) is 6.20. The summed E-state index contributed by atoms with van der Waals surface area (Å²) in [7, 11) is 1.75. The highest BCUT2D eigenvalue weighted by Gasteiger charge is 2.28. The number of aryl methyl sites for hydroxylation is 1. The third-order valence-electron chi connectivity index (χ3n) is 3.17. The van der Waals surface area contributed by atoms with Gasteiger partial charge in [-0.05, 0) is 25.2 Å². The van der Waals surface area contributed by atoms with Crippen molar-refractivity contribution < 1.29 is 4.79 Å². The summed E-state index contributed by atoms with van der Waals surface area (Å²) in [6, 6.07) is 0. The molecule has 1 aliphatic rings. The molecule has 0 aliphatic heterocycles. The molecule has 0 spiro atoms. The van der Waals surface area contributed by atoms with Gasteiger partial charge in [-0.3, -0.25) is 9.48 Å². The third kappa shape index (κ3) is 2.60. The maximum absolute atomic E-state index is 12.3. The normalized spacial score (nSPS) is 14.9. The molecule has 1 heterocycles. The van der Waals surface area contributed by atoms with Crippen molar-refractivity contribution in [3.8, 4) is 0 Å². The quantitative estimate of drug-likeness (QED) is 0.837. The Hall–Kier alpha value is -1.52. The van der Waals surface area contributed by atoms with Gasteiger partial charge in [0.1, 0.15) is 11.4 Å². The third-order valence-corrected chi connectivity index (χ3v) is 3.17. The molecule has 94 valence electrons. The molecule has 1 aromatic rings. The van der Waals surface area contributed by atoms with Crippen molar-refractivity contribution in [1.82, 2.24) is 14.7 Å². The van der Waals surface area contributed by atoms with Crippen molar-refractivity contribution in [1.29, 1.82) is 0 Å². The van der Waals surface area contributed by atoms with Gasteiger partial charge in [-0.25, -0.2) is 0 Å². The van der Waals surface area contributed by atoms with Crippen LogP contribution in [0.1, 0.15) is 36.5 Å². The fraction of sp³-hybridized carbons (Fsp3) is 0.667. The molecule has 5 heteroatoms. The summed E-state index contributed by atoms with van der Waals surface area (Å²) in [5, 5.41) is 4.02. The van der Waals surface area contributed by atoms with Crippen molar-refractivity contribution in [2.24, 2.45) is 13.0 Å². The van der Waals surface area contributed by atoms with Crippen molar-refractivity contribution in [2.45, 2.75) is 26.2 Å². The Morgan fingerprint density at radius 1 is 1.65 bits per heavy atom. The lowest BCUT2D eigenvalue weighted by Crippen LogP contribution is -2.33. The van der Waals surface area contributed by atoms with E-state index in [1.807, 2.05) is 4.90 Å². The lowest BCUT2D eigenvalue weighted by molar-refractivity contribution is 0.0749. The second-order valence-electron chi connectivity index (χ2n) is 4.76. The molecule has 2 N–H and O–H groups in total. The number of hydrogen-bond donors (Lipinski definition) is 1. The Bertz CT molecular complexity index is 409. The molecule has 2 rings (SSSR count). The van der Waals surface area contributed by atoms with Crippen LogP contribution in [0.2, 0.25) is 0 Å². The average molecular weight is 236 g/mol. The minimum atomic E-state index is 0.0179. The Morgan fingerprint density at radius 3 is 2.82 bits per heavy atom. The van der Waals surface area contributed by atoms with Crippen LogP contribution in [0.5, 0.6) is 0 Å². The van der Waals surface area contributed by atoms with E-state index in [2.05, 4.69) is 12.0 Å². The minimum Gasteiger partial charge on any atom is -0.383 e. The molecular formula is C12H20N4O. The van der Waals surface area contributed by atoms with E-state index in [4.69, 9.17) is 5.73 Å². The van der Waals surface area contributed by atoms with Crippen molar-refractivity contribution >= 4 is 11.7 Å². The number of hydrogen-bond acceptors (Lipinski definition) is 3. The number of nitrogens with zero attached hydrogens (tertiary/aromatic N) is 3. The molecule has 1 aliphatic carbocycles. The fourth-order valence-corrected chi connectivity index (χ4v) is 1.94. The zero-order valence-corrected chi connectivity index (χ0v) is 10.5. The number of nitrogen functional groups attached to an aromatic ring is 1. The molecular weight excluding hydrogens is 216 g/mol. The van der Waals surface area contributed by atoms with Gasteiger partial charge in [0.25, 0.3) is 5.91 Å². The Morgan fingerprint density at radius 2 is 2.35 bits per heavy atom. The number of carbonyl (C=O) groups excluding carboxylic acids is 1. The lowest BCUT2D eigenvalue weighted by atomic mass is 10.2. The molecule has 0 atom stereocenters. The zero-order valence-electron chi connectivity index (χ0n) is 10.5. The second-order valence-corrected chi connectivity index (χ2v) is 4.76. The summed E-state index contributed by atoms with van der Waals surface area (Å²) >= 11 is 0. The smallest absolute Gasteiger partial charge is 0.259 e. The summed E-state index contributed by atoms with van der Waals surface area (Å²) in [5.41, 5.74) is 6.37. The predicted molar refractivity (Wildman–Crippen MR) is 66.5 cm³/mol. The Balaban J connectivity index is 2.11. The molecule has 1 aromatic heterocycles. The molecule has 1 fully saturated rings. The Labute approximate surface area is 102 Å². The topological polar surface area (TPSA) is 64.2 Å². The number of carbonyl (C=O) groups is 1. The summed E-state index contributed by atoms with van der Waals surface area (Å²) in [6.45, 7) is 3.74.